The Bertz CT molecular complexity index is 2110. The largest absolute Gasteiger partial charge is 0.497 e. The molecular weight excluding hydrogens is 548 g/mol. The van der Waals surface area contributed by atoms with Gasteiger partial charge in [-0.3, -0.25) is 4.55 Å². The predicted octanol–water partition coefficient (Wildman–Crippen LogP) is 8.27. The monoisotopic (exact) mass is 568 g/mol. The highest BCUT2D eigenvalue weighted by molar-refractivity contribution is 7.86. The third-order valence-corrected chi connectivity index (χ3v) is 8.07. The van der Waals surface area contributed by atoms with Gasteiger partial charge in [0.1, 0.15) is 16.3 Å². The van der Waals surface area contributed by atoms with Gasteiger partial charge in [-0.15, -0.1) is 20.5 Å². The number of nitrogen functional groups attached to an aromatic ring is 1. The van der Waals surface area contributed by atoms with E-state index in [9.17, 15) is 13.0 Å². The fraction of sp³-hybridized carbons (Fsp3) is 0.0357. The van der Waals surface area contributed by atoms with Crippen LogP contribution in [0.1, 0.15) is 0 Å². The van der Waals surface area contributed by atoms with E-state index < -0.39 is 10.1 Å². The second-order valence-corrected chi connectivity index (χ2v) is 11.1. The molecule has 6 aromatic rings. The molecule has 0 saturated carbocycles. The molecule has 0 aliphatic carbocycles. The number of rotatable bonds is 6. The number of nitrogens with zero attached hydrogens (tertiary/aromatic N) is 5. The first-order valence-corrected chi connectivity index (χ1v) is 14.2. The van der Waals surface area contributed by atoms with Crippen molar-refractivity contribution in [3.8, 4) is 5.75 Å². The van der Waals surface area contributed by atoms with Gasteiger partial charge in [0.15, 0.2) is 0 Å². The molecule has 0 aliphatic rings. The summed E-state index contributed by atoms with van der Waals surface area (Å²) in [6, 6.07) is 24.5. The van der Waals surface area contributed by atoms with E-state index >= 15 is 0 Å². The lowest BCUT2D eigenvalue weighted by Gasteiger charge is -2.09. The van der Waals surface area contributed by atoms with Crippen LogP contribution < -0.4 is 10.5 Å². The SMILES string of the molecule is COc1ccc2nc(N=Nc3ccc(N=Nc4cc(S(=O)(=O)O)c5ccccc5c4N)c4ccccc34)sc2c1. The fourth-order valence-electron chi connectivity index (χ4n) is 4.36. The normalized spacial score (nSPS) is 12.3. The zero-order valence-electron chi connectivity index (χ0n) is 20.9. The maximum Gasteiger partial charge on any atom is 0.295 e. The standard InChI is InChI=1S/C28H20N6O4S2/c1-38-16-10-11-23-25(14-16)39-28(30-23)34-32-22-13-12-21(17-6-2-3-7-18(17)22)31-33-24-15-26(40(35,36)37)19-8-4-5-9-20(19)27(24)29/h2-15H,29H2,1H3,(H,35,36,37). The summed E-state index contributed by atoms with van der Waals surface area (Å²) in [4.78, 5) is 4.22. The summed E-state index contributed by atoms with van der Waals surface area (Å²) in [7, 11) is -2.91. The first-order valence-electron chi connectivity index (χ1n) is 11.9. The first kappa shape index (κ1) is 25.5. The van der Waals surface area contributed by atoms with Gasteiger partial charge in [0.05, 0.1) is 34.4 Å². The summed E-state index contributed by atoms with van der Waals surface area (Å²) >= 11 is 1.41. The second-order valence-electron chi connectivity index (χ2n) is 8.71. The number of aromatic nitrogens is 1. The molecule has 0 unspecified atom stereocenters. The van der Waals surface area contributed by atoms with Crippen LogP contribution in [0.25, 0.3) is 31.8 Å². The smallest absolute Gasteiger partial charge is 0.295 e. The number of methoxy groups -OCH3 is 1. The molecule has 0 saturated heterocycles. The highest BCUT2D eigenvalue weighted by Gasteiger charge is 2.18. The Kier molecular flexibility index (Phi) is 6.42. The molecule has 0 radical (unpaired) electrons. The lowest BCUT2D eigenvalue weighted by molar-refractivity contribution is 0.415. The quantitative estimate of drug-likeness (QED) is 0.117. The van der Waals surface area contributed by atoms with Crippen molar-refractivity contribution in [1.82, 2.24) is 4.98 Å². The van der Waals surface area contributed by atoms with Crippen molar-refractivity contribution in [3.05, 3.63) is 84.9 Å². The fourth-order valence-corrected chi connectivity index (χ4v) is 5.89. The van der Waals surface area contributed by atoms with Gasteiger partial charge in [-0.05, 0) is 36.4 Å². The Morgan fingerprint density at radius 1 is 0.775 bits per heavy atom. The molecule has 12 heteroatoms. The third kappa shape index (κ3) is 4.75. The van der Waals surface area contributed by atoms with Crippen LogP contribution >= 0.6 is 11.3 Å². The Balaban J connectivity index is 1.38. The van der Waals surface area contributed by atoms with Gasteiger partial charge in [0.25, 0.3) is 10.1 Å². The summed E-state index contributed by atoms with van der Waals surface area (Å²) in [6.07, 6.45) is 0. The summed E-state index contributed by atoms with van der Waals surface area (Å²) in [5.41, 5.74) is 8.61. The average Bonchev–Trinajstić information content (AvgIpc) is 3.37. The number of azo groups is 2. The van der Waals surface area contributed by atoms with Crippen LogP contribution in [0.3, 0.4) is 0 Å². The molecule has 0 fully saturated rings. The molecule has 10 nitrogen and oxygen atoms in total. The van der Waals surface area contributed by atoms with Gasteiger partial charge >= 0.3 is 0 Å². The minimum Gasteiger partial charge on any atom is -0.497 e. The summed E-state index contributed by atoms with van der Waals surface area (Å²) < 4.78 is 40.1. The average molecular weight is 569 g/mol. The number of ether oxygens (including phenoxy) is 1. The van der Waals surface area contributed by atoms with E-state index in [1.807, 2.05) is 42.5 Å². The first-order chi connectivity index (χ1) is 19.3. The van der Waals surface area contributed by atoms with E-state index in [0.29, 0.717) is 27.3 Å². The van der Waals surface area contributed by atoms with E-state index in [0.717, 1.165) is 26.7 Å². The minimum atomic E-state index is -4.52. The molecule has 1 aromatic heterocycles. The number of hydrogen-bond acceptors (Lipinski definition) is 10. The van der Waals surface area contributed by atoms with Crippen molar-refractivity contribution < 1.29 is 17.7 Å². The molecule has 3 N–H and O–H groups in total. The number of fused-ring (bicyclic) bond motifs is 3. The summed E-state index contributed by atoms with van der Waals surface area (Å²) in [5.74, 6) is 0.745. The van der Waals surface area contributed by atoms with E-state index in [-0.39, 0.29) is 16.3 Å². The number of anilines is 1. The highest BCUT2D eigenvalue weighted by Crippen LogP contribution is 2.39. The zero-order chi connectivity index (χ0) is 27.9. The Hall–Kier alpha value is -4.78. The van der Waals surface area contributed by atoms with Gasteiger partial charge in [0, 0.05) is 21.5 Å². The highest BCUT2D eigenvalue weighted by atomic mass is 32.2. The summed E-state index contributed by atoms with van der Waals surface area (Å²) in [6.45, 7) is 0. The molecular formula is C28H20N6O4S2. The van der Waals surface area contributed by atoms with Crippen LogP contribution in [0.5, 0.6) is 5.75 Å². The van der Waals surface area contributed by atoms with Crippen LogP contribution in [0.15, 0.2) is 110 Å². The van der Waals surface area contributed by atoms with E-state index in [4.69, 9.17) is 10.5 Å². The Morgan fingerprint density at radius 3 is 2.02 bits per heavy atom. The van der Waals surface area contributed by atoms with Gasteiger partial charge < -0.3 is 10.5 Å². The molecule has 198 valence electrons. The molecule has 0 spiro atoms. The molecule has 40 heavy (non-hydrogen) atoms. The van der Waals surface area contributed by atoms with Crippen molar-refractivity contribution in [1.29, 1.82) is 0 Å². The zero-order valence-corrected chi connectivity index (χ0v) is 22.5. The molecule has 6 rings (SSSR count). The maximum absolute atomic E-state index is 12.1. The molecule has 5 aromatic carbocycles. The number of thiazole rings is 1. The van der Waals surface area contributed by atoms with Gasteiger partial charge in [-0.2, -0.15) is 8.42 Å². The summed E-state index contributed by atoms with van der Waals surface area (Å²) in [5, 5.41) is 20.2. The van der Waals surface area contributed by atoms with Crippen molar-refractivity contribution in [2.75, 3.05) is 12.8 Å². The van der Waals surface area contributed by atoms with Gasteiger partial charge in [0.2, 0.25) is 5.13 Å². The predicted molar refractivity (Wildman–Crippen MR) is 157 cm³/mol. The molecule has 1 heterocycles. The number of hydrogen-bond donors (Lipinski definition) is 2. The van der Waals surface area contributed by atoms with Crippen LogP contribution in [0, 0.1) is 0 Å². The van der Waals surface area contributed by atoms with E-state index in [2.05, 4.69) is 25.4 Å². The minimum absolute atomic E-state index is 0.117. The molecule has 0 aliphatic heterocycles. The van der Waals surface area contributed by atoms with Crippen molar-refractivity contribution in [2.45, 2.75) is 4.90 Å². The van der Waals surface area contributed by atoms with Crippen LogP contribution in [0.4, 0.5) is 27.9 Å². The third-order valence-electron chi connectivity index (χ3n) is 6.28. The lowest BCUT2D eigenvalue weighted by Crippen LogP contribution is -2.01. The van der Waals surface area contributed by atoms with E-state index in [1.54, 1.807) is 43.5 Å². The second kappa shape index (κ2) is 10.1. The van der Waals surface area contributed by atoms with Crippen molar-refractivity contribution in [2.24, 2.45) is 20.5 Å². The Labute approximate surface area is 232 Å². The van der Waals surface area contributed by atoms with Crippen LogP contribution in [0.2, 0.25) is 0 Å². The van der Waals surface area contributed by atoms with Crippen LogP contribution in [-0.4, -0.2) is 25.1 Å². The van der Waals surface area contributed by atoms with E-state index in [1.165, 1.54) is 17.4 Å². The molecule has 0 bridgehead atoms. The maximum atomic E-state index is 12.1. The number of nitrogens with two attached hydrogens (primary N) is 1. The van der Waals surface area contributed by atoms with Gasteiger partial charge in [-0.25, -0.2) is 4.98 Å². The lowest BCUT2D eigenvalue weighted by atomic mass is 10.1. The molecule has 0 atom stereocenters. The van der Waals surface area contributed by atoms with Gasteiger partial charge in [-0.1, -0.05) is 59.9 Å². The van der Waals surface area contributed by atoms with Crippen LogP contribution in [-0.2, 0) is 10.1 Å². The number of benzene rings is 5. The van der Waals surface area contributed by atoms with Crippen molar-refractivity contribution >= 4 is 81.1 Å². The molecule has 0 amide bonds. The Morgan fingerprint density at radius 2 is 1.38 bits per heavy atom. The van der Waals surface area contributed by atoms with Crippen molar-refractivity contribution in [3.63, 3.8) is 0 Å². The topological polar surface area (TPSA) is 152 Å².